The van der Waals surface area contributed by atoms with E-state index in [0.29, 0.717) is 10.8 Å². The highest BCUT2D eigenvalue weighted by molar-refractivity contribution is 7.89. The first kappa shape index (κ1) is 15.5. The summed E-state index contributed by atoms with van der Waals surface area (Å²) in [7, 11) is -1.51. The molecule has 0 heterocycles. The number of benzene rings is 1. The summed E-state index contributed by atoms with van der Waals surface area (Å²) in [5.41, 5.74) is 1.08. The van der Waals surface area contributed by atoms with Crippen LogP contribution in [0.15, 0.2) is 29.2 Å². The molecule has 0 amide bonds. The van der Waals surface area contributed by atoms with Gasteiger partial charge in [0.25, 0.3) is 0 Å². The third-order valence-electron chi connectivity index (χ3n) is 4.29. The zero-order valence-electron chi connectivity index (χ0n) is 12.4. The predicted molar refractivity (Wildman–Crippen MR) is 81.0 cm³/mol. The molecule has 112 valence electrons. The minimum atomic E-state index is -3.40. The molecule has 1 saturated carbocycles. The first-order chi connectivity index (χ1) is 9.44. The van der Waals surface area contributed by atoms with Crippen LogP contribution >= 0.6 is 0 Å². The summed E-state index contributed by atoms with van der Waals surface area (Å²) in [5.74, 6) is 0.424. The lowest BCUT2D eigenvalue weighted by atomic mass is 10.1. The molecule has 1 fully saturated rings. The Hall–Kier alpha value is -0.910. The summed E-state index contributed by atoms with van der Waals surface area (Å²) in [6, 6.07) is 7.41. The zero-order valence-corrected chi connectivity index (χ0v) is 13.2. The van der Waals surface area contributed by atoms with E-state index in [4.69, 9.17) is 0 Å². The fourth-order valence-corrected chi connectivity index (χ4v) is 4.07. The highest BCUT2D eigenvalue weighted by atomic mass is 32.2. The van der Waals surface area contributed by atoms with Gasteiger partial charge in [-0.2, -0.15) is 0 Å². The van der Waals surface area contributed by atoms with Crippen molar-refractivity contribution in [3.05, 3.63) is 29.8 Å². The largest absolute Gasteiger partial charge is 0.313 e. The van der Waals surface area contributed by atoms with E-state index in [2.05, 4.69) is 17.0 Å². The Morgan fingerprint density at radius 1 is 1.20 bits per heavy atom. The summed E-state index contributed by atoms with van der Waals surface area (Å²) in [6.07, 6.45) is 3.15. The third kappa shape index (κ3) is 3.40. The van der Waals surface area contributed by atoms with Crippen LogP contribution in [0, 0.1) is 5.92 Å². The monoisotopic (exact) mass is 296 g/mol. The molecule has 1 aliphatic rings. The van der Waals surface area contributed by atoms with Gasteiger partial charge in [0.15, 0.2) is 0 Å². The minimum Gasteiger partial charge on any atom is -0.313 e. The van der Waals surface area contributed by atoms with E-state index < -0.39 is 10.0 Å². The molecule has 1 aliphatic carbocycles. The SMILES string of the molecule is CNC(C)c1ccc(S(=O)(=O)NC2CCCC2C)cc1. The molecule has 0 spiro atoms. The van der Waals surface area contributed by atoms with Crippen molar-refractivity contribution >= 4 is 10.0 Å². The molecular formula is C15H24N2O2S. The van der Waals surface area contributed by atoms with Gasteiger partial charge in [0.2, 0.25) is 10.0 Å². The standard InChI is InChI=1S/C15H24N2O2S/c1-11-5-4-6-15(11)17-20(18,19)14-9-7-13(8-10-14)12(2)16-3/h7-12,15-17H,4-6H2,1-3H3. The molecule has 0 bridgehead atoms. The summed E-state index contributed by atoms with van der Waals surface area (Å²) >= 11 is 0. The van der Waals surface area contributed by atoms with E-state index in [9.17, 15) is 8.42 Å². The van der Waals surface area contributed by atoms with Crippen molar-refractivity contribution < 1.29 is 8.42 Å². The van der Waals surface area contributed by atoms with Gasteiger partial charge in [-0.3, -0.25) is 0 Å². The van der Waals surface area contributed by atoms with Crippen molar-refractivity contribution in [2.75, 3.05) is 7.05 Å². The molecule has 5 heteroatoms. The van der Waals surface area contributed by atoms with Crippen molar-refractivity contribution in [1.29, 1.82) is 0 Å². The van der Waals surface area contributed by atoms with Gasteiger partial charge in [-0.25, -0.2) is 13.1 Å². The summed E-state index contributed by atoms with van der Waals surface area (Å²) < 4.78 is 27.6. The van der Waals surface area contributed by atoms with Gasteiger partial charge >= 0.3 is 0 Å². The number of hydrogen-bond donors (Lipinski definition) is 2. The second kappa shape index (κ2) is 6.24. The first-order valence-corrected chi connectivity index (χ1v) is 8.72. The molecule has 2 rings (SSSR count). The minimum absolute atomic E-state index is 0.0795. The molecule has 3 atom stereocenters. The molecule has 0 aromatic heterocycles. The summed E-state index contributed by atoms with van der Waals surface area (Å²) in [4.78, 5) is 0.351. The lowest BCUT2D eigenvalue weighted by Gasteiger charge is -2.18. The summed E-state index contributed by atoms with van der Waals surface area (Å²) in [5, 5.41) is 3.14. The Morgan fingerprint density at radius 3 is 2.35 bits per heavy atom. The molecule has 3 unspecified atom stereocenters. The van der Waals surface area contributed by atoms with Gasteiger partial charge in [0.05, 0.1) is 4.90 Å². The highest BCUT2D eigenvalue weighted by Gasteiger charge is 2.28. The average Bonchev–Trinajstić information content (AvgIpc) is 2.83. The maximum atomic E-state index is 12.4. The number of nitrogens with one attached hydrogen (secondary N) is 2. The van der Waals surface area contributed by atoms with Gasteiger partial charge in [-0.1, -0.05) is 25.5 Å². The van der Waals surface area contributed by atoms with E-state index >= 15 is 0 Å². The van der Waals surface area contributed by atoms with E-state index in [0.717, 1.165) is 24.8 Å². The van der Waals surface area contributed by atoms with E-state index in [1.165, 1.54) is 0 Å². The molecular weight excluding hydrogens is 272 g/mol. The lowest BCUT2D eigenvalue weighted by Crippen LogP contribution is -2.36. The maximum absolute atomic E-state index is 12.4. The predicted octanol–water partition coefficient (Wildman–Crippen LogP) is 2.43. The second-order valence-corrected chi connectivity index (χ2v) is 7.43. The van der Waals surface area contributed by atoms with Crippen LogP contribution in [0.1, 0.15) is 44.7 Å². The van der Waals surface area contributed by atoms with Crippen LogP contribution < -0.4 is 10.0 Å². The third-order valence-corrected chi connectivity index (χ3v) is 5.80. The van der Waals surface area contributed by atoms with Crippen LogP contribution in [-0.4, -0.2) is 21.5 Å². The fraction of sp³-hybridized carbons (Fsp3) is 0.600. The van der Waals surface area contributed by atoms with Gasteiger partial charge in [-0.15, -0.1) is 0 Å². The Bertz CT molecular complexity index is 539. The molecule has 20 heavy (non-hydrogen) atoms. The molecule has 4 nitrogen and oxygen atoms in total. The second-order valence-electron chi connectivity index (χ2n) is 5.72. The van der Waals surface area contributed by atoms with Gasteiger partial charge < -0.3 is 5.32 Å². The van der Waals surface area contributed by atoms with Crippen molar-refractivity contribution in [3.8, 4) is 0 Å². The molecule has 0 aliphatic heterocycles. The lowest BCUT2D eigenvalue weighted by molar-refractivity contribution is 0.476. The van der Waals surface area contributed by atoms with Crippen LogP contribution in [-0.2, 0) is 10.0 Å². The quantitative estimate of drug-likeness (QED) is 0.877. The van der Waals surface area contributed by atoms with Crippen molar-refractivity contribution in [2.24, 2.45) is 5.92 Å². The van der Waals surface area contributed by atoms with Crippen LogP contribution in [0.2, 0.25) is 0 Å². The maximum Gasteiger partial charge on any atom is 0.240 e. The topological polar surface area (TPSA) is 58.2 Å². The Labute approximate surface area is 122 Å². The Kier molecular flexibility index (Phi) is 4.83. The van der Waals surface area contributed by atoms with Crippen LogP contribution in [0.3, 0.4) is 0 Å². The van der Waals surface area contributed by atoms with Crippen LogP contribution in [0.4, 0.5) is 0 Å². The van der Waals surface area contributed by atoms with Crippen LogP contribution in [0.5, 0.6) is 0 Å². The van der Waals surface area contributed by atoms with Gasteiger partial charge in [-0.05, 0) is 50.4 Å². The Morgan fingerprint density at radius 2 is 1.85 bits per heavy atom. The van der Waals surface area contributed by atoms with E-state index in [-0.39, 0.29) is 12.1 Å². The zero-order chi connectivity index (χ0) is 14.8. The van der Waals surface area contributed by atoms with Gasteiger partial charge in [0.1, 0.15) is 0 Å². The fourth-order valence-electron chi connectivity index (χ4n) is 2.69. The molecule has 1 aromatic carbocycles. The first-order valence-electron chi connectivity index (χ1n) is 7.23. The highest BCUT2D eigenvalue weighted by Crippen LogP contribution is 2.26. The normalized spacial score (nSPS) is 24.8. The Balaban J connectivity index is 2.13. The summed E-state index contributed by atoms with van der Waals surface area (Å²) in [6.45, 7) is 4.15. The molecule has 0 saturated heterocycles. The molecule has 2 N–H and O–H groups in total. The van der Waals surface area contributed by atoms with Crippen molar-refractivity contribution in [1.82, 2.24) is 10.0 Å². The number of sulfonamides is 1. The number of hydrogen-bond acceptors (Lipinski definition) is 3. The van der Waals surface area contributed by atoms with E-state index in [1.54, 1.807) is 12.1 Å². The average molecular weight is 296 g/mol. The van der Waals surface area contributed by atoms with Gasteiger partial charge in [0, 0.05) is 12.1 Å². The number of rotatable bonds is 5. The molecule has 0 radical (unpaired) electrons. The van der Waals surface area contributed by atoms with Crippen molar-refractivity contribution in [2.45, 2.75) is 50.1 Å². The smallest absolute Gasteiger partial charge is 0.240 e. The van der Waals surface area contributed by atoms with Crippen LogP contribution in [0.25, 0.3) is 0 Å². The van der Waals surface area contributed by atoms with E-state index in [1.807, 2.05) is 26.1 Å². The van der Waals surface area contributed by atoms with Crippen molar-refractivity contribution in [3.63, 3.8) is 0 Å². The molecule has 1 aromatic rings.